The smallest absolute Gasteiger partial charge is 0.306 e. The van der Waals surface area contributed by atoms with Crippen molar-refractivity contribution in [3.8, 4) is 0 Å². The first-order valence-electron chi connectivity index (χ1n) is 28.6. The SMILES string of the molecule is CCCCCCCCCCCCCCCCCCCCCCOCC(COC(=O)CCCCCCCCCCCCCCCCCCC)OC(=O)CCCCCCCCCCC. The molecule has 0 N–H and O–H groups in total. The van der Waals surface area contributed by atoms with Gasteiger partial charge in [-0.05, 0) is 19.3 Å². The monoisotopic (exact) mass is 877 g/mol. The van der Waals surface area contributed by atoms with Gasteiger partial charge in [-0.1, -0.05) is 297 Å². The minimum Gasteiger partial charge on any atom is -0.462 e. The van der Waals surface area contributed by atoms with Crippen LogP contribution < -0.4 is 0 Å². The van der Waals surface area contributed by atoms with Crippen LogP contribution >= 0.6 is 0 Å². The van der Waals surface area contributed by atoms with Crippen molar-refractivity contribution in [3.05, 3.63) is 0 Å². The summed E-state index contributed by atoms with van der Waals surface area (Å²) < 4.78 is 17.4. The molecular formula is C57H112O5. The van der Waals surface area contributed by atoms with Crippen molar-refractivity contribution in [2.75, 3.05) is 19.8 Å². The van der Waals surface area contributed by atoms with Gasteiger partial charge in [0.15, 0.2) is 6.10 Å². The Labute approximate surface area is 389 Å². The molecule has 0 spiro atoms. The van der Waals surface area contributed by atoms with Crippen LogP contribution in [0.15, 0.2) is 0 Å². The van der Waals surface area contributed by atoms with Crippen molar-refractivity contribution < 1.29 is 23.8 Å². The number of hydrogen-bond donors (Lipinski definition) is 0. The van der Waals surface area contributed by atoms with Crippen LogP contribution in [-0.2, 0) is 23.8 Å². The van der Waals surface area contributed by atoms with Crippen LogP contribution in [0.1, 0.15) is 329 Å². The summed E-state index contributed by atoms with van der Waals surface area (Å²) in [6.07, 6.45) is 61.3. The number of carbonyl (C=O) groups excluding carboxylic acids is 2. The van der Waals surface area contributed by atoms with Crippen LogP contribution in [-0.4, -0.2) is 37.9 Å². The molecule has 0 fully saturated rings. The first-order chi connectivity index (χ1) is 30.6. The molecule has 5 heteroatoms. The quantitative estimate of drug-likeness (QED) is 0.0450. The van der Waals surface area contributed by atoms with Gasteiger partial charge in [0.1, 0.15) is 6.61 Å². The molecule has 62 heavy (non-hydrogen) atoms. The highest BCUT2D eigenvalue weighted by molar-refractivity contribution is 5.70. The van der Waals surface area contributed by atoms with Crippen LogP contribution in [0.3, 0.4) is 0 Å². The van der Waals surface area contributed by atoms with Crippen LogP contribution in [0.5, 0.6) is 0 Å². The van der Waals surface area contributed by atoms with Gasteiger partial charge in [0.2, 0.25) is 0 Å². The minimum atomic E-state index is -0.523. The van der Waals surface area contributed by atoms with E-state index < -0.39 is 6.10 Å². The second-order valence-corrected chi connectivity index (χ2v) is 19.6. The summed E-state index contributed by atoms with van der Waals surface area (Å²) in [4.78, 5) is 25.4. The molecule has 370 valence electrons. The molecule has 0 saturated heterocycles. The molecule has 0 aliphatic rings. The first kappa shape index (κ1) is 60.9. The summed E-state index contributed by atoms with van der Waals surface area (Å²) >= 11 is 0. The molecule has 0 aliphatic heterocycles. The lowest BCUT2D eigenvalue weighted by molar-refractivity contribution is -0.163. The van der Waals surface area contributed by atoms with Gasteiger partial charge in [-0.15, -0.1) is 0 Å². The Kier molecular flexibility index (Phi) is 53.3. The van der Waals surface area contributed by atoms with Gasteiger partial charge in [-0.2, -0.15) is 0 Å². The van der Waals surface area contributed by atoms with Crippen molar-refractivity contribution in [3.63, 3.8) is 0 Å². The average molecular weight is 878 g/mol. The highest BCUT2D eigenvalue weighted by Crippen LogP contribution is 2.17. The van der Waals surface area contributed by atoms with Gasteiger partial charge in [-0.25, -0.2) is 0 Å². The maximum absolute atomic E-state index is 12.8. The van der Waals surface area contributed by atoms with Crippen LogP contribution in [0.25, 0.3) is 0 Å². The molecule has 0 aromatic carbocycles. The van der Waals surface area contributed by atoms with Crippen molar-refractivity contribution in [1.82, 2.24) is 0 Å². The van der Waals surface area contributed by atoms with Gasteiger partial charge in [0.05, 0.1) is 6.61 Å². The highest BCUT2D eigenvalue weighted by Gasteiger charge is 2.17. The molecular weight excluding hydrogens is 765 g/mol. The molecule has 0 saturated carbocycles. The molecule has 0 radical (unpaired) electrons. The molecule has 0 bridgehead atoms. The molecule has 1 unspecified atom stereocenters. The van der Waals surface area contributed by atoms with Crippen molar-refractivity contribution in [2.45, 2.75) is 335 Å². The maximum atomic E-state index is 12.8. The topological polar surface area (TPSA) is 61.8 Å². The fourth-order valence-electron chi connectivity index (χ4n) is 8.87. The summed E-state index contributed by atoms with van der Waals surface area (Å²) in [6.45, 7) is 7.90. The summed E-state index contributed by atoms with van der Waals surface area (Å²) in [6, 6.07) is 0. The van der Waals surface area contributed by atoms with E-state index in [-0.39, 0.29) is 18.5 Å². The number of esters is 2. The third-order valence-electron chi connectivity index (χ3n) is 13.1. The normalized spacial score (nSPS) is 12.0. The van der Waals surface area contributed by atoms with E-state index >= 15 is 0 Å². The Hall–Kier alpha value is -1.10. The highest BCUT2D eigenvalue weighted by atomic mass is 16.6. The number of rotatable bonds is 54. The third kappa shape index (κ3) is 51.5. The number of ether oxygens (including phenoxy) is 3. The standard InChI is InChI=1S/C57H112O5/c1-4-7-10-13-16-19-21-23-25-27-28-29-31-33-35-37-40-43-46-49-52-60-53-55(62-57(59)51-48-45-42-38-18-15-12-9-6-3)54-61-56(58)50-47-44-41-39-36-34-32-30-26-24-22-20-17-14-11-8-5-2/h55H,4-54H2,1-3H3. The lowest BCUT2D eigenvalue weighted by Gasteiger charge is -2.18. The van der Waals surface area contributed by atoms with E-state index in [0.29, 0.717) is 26.1 Å². The summed E-state index contributed by atoms with van der Waals surface area (Å²) in [7, 11) is 0. The van der Waals surface area contributed by atoms with E-state index in [1.807, 2.05) is 0 Å². The molecule has 0 aliphatic carbocycles. The zero-order valence-electron chi connectivity index (χ0n) is 42.7. The minimum absolute atomic E-state index is 0.0978. The van der Waals surface area contributed by atoms with E-state index in [1.54, 1.807) is 0 Å². The van der Waals surface area contributed by atoms with E-state index in [0.717, 1.165) is 32.1 Å². The van der Waals surface area contributed by atoms with Crippen LogP contribution in [0.2, 0.25) is 0 Å². The molecule has 5 nitrogen and oxygen atoms in total. The van der Waals surface area contributed by atoms with Crippen molar-refractivity contribution >= 4 is 11.9 Å². The zero-order valence-corrected chi connectivity index (χ0v) is 42.7. The van der Waals surface area contributed by atoms with Gasteiger partial charge < -0.3 is 14.2 Å². The van der Waals surface area contributed by atoms with E-state index in [1.165, 1.54) is 263 Å². The number of unbranched alkanes of at least 4 members (excludes halogenated alkanes) is 43. The lowest BCUT2D eigenvalue weighted by atomic mass is 10.0. The molecule has 0 heterocycles. The van der Waals surface area contributed by atoms with E-state index in [2.05, 4.69) is 20.8 Å². The van der Waals surface area contributed by atoms with E-state index in [9.17, 15) is 9.59 Å². The number of carbonyl (C=O) groups is 2. The molecule has 0 aromatic heterocycles. The molecule has 0 rings (SSSR count). The fourth-order valence-corrected chi connectivity index (χ4v) is 8.87. The number of hydrogen-bond acceptors (Lipinski definition) is 5. The lowest BCUT2D eigenvalue weighted by Crippen LogP contribution is -2.30. The Morgan fingerprint density at radius 1 is 0.290 bits per heavy atom. The summed E-state index contributed by atoms with van der Waals surface area (Å²) in [5.41, 5.74) is 0. The van der Waals surface area contributed by atoms with Crippen LogP contribution in [0, 0.1) is 0 Å². The second kappa shape index (κ2) is 54.2. The average Bonchev–Trinajstić information content (AvgIpc) is 3.27. The molecule has 0 amide bonds. The Morgan fingerprint density at radius 2 is 0.532 bits per heavy atom. The van der Waals surface area contributed by atoms with Crippen molar-refractivity contribution in [2.24, 2.45) is 0 Å². The molecule has 0 aromatic rings. The van der Waals surface area contributed by atoms with Gasteiger partial charge in [0.25, 0.3) is 0 Å². The second-order valence-electron chi connectivity index (χ2n) is 19.6. The predicted molar refractivity (Wildman–Crippen MR) is 270 cm³/mol. The summed E-state index contributed by atoms with van der Waals surface area (Å²) in [5, 5.41) is 0. The Bertz CT molecular complexity index is 860. The third-order valence-corrected chi connectivity index (χ3v) is 13.1. The van der Waals surface area contributed by atoms with Crippen LogP contribution in [0.4, 0.5) is 0 Å². The largest absolute Gasteiger partial charge is 0.462 e. The maximum Gasteiger partial charge on any atom is 0.306 e. The Morgan fingerprint density at radius 3 is 0.823 bits per heavy atom. The predicted octanol–water partition coefficient (Wildman–Crippen LogP) is 19.2. The van der Waals surface area contributed by atoms with Gasteiger partial charge in [0, 0.05) is 19.4 Å². The fraction of sp³-hybridized carbons (Fsp3) is 0.965. The Balaban J connectivity index is 4.06. The molecule has 1 atom stereocenters. The summed E-state index contributed by atoms with van der Waals surface area (Å²) in [5.74, 6) is -0.371. The van der Waals surface area contributed by atoms with Crippen molar-refractivity contribution in [1.29, 1.82) is 0 Å². The van der Waals surface area contributed by atoms with Gasteiger partial charge >= 0.3 is 11.9 Å². The first-order valence-corrected chi connectivity index (χ1v) is 28.6. The van der Waals surface area contributed by atoms with Gasteiger partial charge in [-0.3, -0.25) is 9.59 Å². The zero-order chi connectivity index (χ0) is 44.9. The van der Waals surface area contributed by atoms with E-state index in [4.69, 9.17) is 14.2 Å².